The number of H-pyrrole nitrogens is 1. The summed E-state index contributed by atoms with van der Waals surface area (Å²) in [6.45, 7) is 4.47. The topological polar surface area (TPSA) is 103 Å². The van der Waals surface area contributed by atoms with Gasteiger partial charge in [-0.25, -0.2) is 4.98 Å². The first kappa shape index (κ1) is 18.7. The van der Waals surface area contributed by atoms with Gasteiger partial charge in [-0.3, -0.25) is 9.48 Å². The van der Waals surface area contributed by atoms with Gasteiger partial charge in [-0.1, -0.05) is 29.1 Å². The van der Waals surface area contributed by atoms with Crippen LogP contribution in [0.25, 0.3) is 11.3 Å². The van der Waals surface area contributed by atoms with E-state index in [2.05, 4.69) is 32.1 Å². The molecule has 1 aromatic carbocycles. The van der Waals surface area contributed by atoms with Crippen molar-refractivity contribution in [1.29, 1.82) is 5.26 Å². The molecule has 0 unspecified atom stereocenters. The lowest BCUT2D eigenvalue weighted by atomic mass is 10.1. The van der Waals surface area contributed by atoms with Crippen molar-refractivity contribution in [2.24, 2.45) is 0 Å². The normalized spacial score (nSPS) is 10.6. The molecular formula is C18H19N7OS. The van der Waals surface area contributed by atoms with Gasteiger partial charge in [-0.15, -0.1) is 5.10 Å². The molecule has 3 rings (SSSR count). The van der Waals surface area contributed by atoms with Crippen LogP contribution in [0.4, 0.5) is 5.69 Å². The fraction of sp³-hybridized carbons (Fsp3) is 0.278. The zero-order valence-corrected chi connectivity index (χ0v) is 15.9. The van der Waals surface area contributed by atoms with Crippen LogP contribution in [0.1, 0.15) is 12.5 Å². The van der Waals surface area contributed by atoms with Crippen LogP contribution in [0.15, 0.2) is 46.6 Å². The summed E-state index contributed by atoms with van der Waals surface area (Å²) in [5.41, 5.74) is 1.81. The number of rotatable bonds is 7. The zero-order valence-electron chi connectivity index (χ0n) is 15.1. The lowest BCUT2D eigenvalue weighted by Crippen LogP contribution is -2.27. The fourth-order valence-corrected chi connectivity index (χ4v) is 3.11. The van der Waals surface area contributed by atoms with Crippen LogP contribution in [0.2, 0.25) is 0 Å². The average Bonchev–Trinajstić information content (AvgIpc) is 3.22. The molecule has 0 aliphatic rings. The van der Waals surface area contributed by atoms with E-state index in [0.29, 0.717) is 10.9 Å². The number of nitriles is 1. The highest BCUT2D eigenvalue weighted by Gasteiger charge is 2.14. The van der Waals surface area contributed by atoms with Crippen LogP contribution in [-0.2, 0) is 6.54 Å². The van der Waals surface area contributed by atoms with Crippen LogP contribution in [0.5, 0.6) is 0 Å². The second-order valence-corrected chi connectivity index (χ2v) is 6.50. The molecule has 2 aromatic heterocycles. The Morgan fingerprint density at radius 2 is 2.11 bits per heavy atom. The van der Waals surface area contributed by atoms with Crippen molar-refractivity contribution in [3.05, 3.63) is 52.6 Å². The highest BCUT2D eigenvalue weighted by Crippen LogP contribution is 2.24. The Morgan fingerprint density at radius 1 is 1.33 bits per heavy atom. The number of aromatic amines is 1. The van der Waals surface area contributed by atoms with Crippen LogP contribution >= 0.6 is 11.8 Å². The third-order valence-corrected chi connectivity index (χ3v) is 4.74. The third-order valence-electron chi connectivity index (χ3n) is 4.16. The quantitative estimate of drug-likeness (QED) is 0.494. The van der Waals surface area contributed by atoms with Crippen molar-refractivity contribution in [1.82, 2.24) is 25.0 Å². The van der Waals surface area contributed by atoms with E-state index < -0.39 is 5.56 Å². The van der Waals surface area contributed by atoms with E-state index in [1.165, 1.54) is 11.8 Å². The molecule has 0 bridgehead atoms. The van der Waals surface area contributed by atoms with Crippen LogP contribution in [0.3, 0.4) is 0 Å². The number of hydrogen-bond acceptors (Lipinski definition) is 7. The number of benzene rings is 1. The maximum atomic E-state index is 12.1. The molecule has 1 N–H and O–H groups in total. The highest BCUT2D eigenvalue weighted by molar-refractivity contribution is 7.98. The summed E-state index contributed by atoms with van der Waals surface area (Å²) in [5.74, 6) is 0. The Balaban J connectivity index is 1.85. The molecule has 0 saturated carbocycles. The SMILES string of the molecule is CCN(CCn1ccnn1)c1ccc(-c2nc(SC)[nH]c(=O)c2C#N)cc1. The highest BCUT2D eigenvalue weighted by atomic mass is 32.2. The Hall–Kier alpha value is -3.12. The molecule has 0 saturated heterocycles. The van der Waals surface area contributed by atoms with E-state index in [-0.39, 0.29) is 5.56 Å². The molecule has 0 radical (unpaired) electrons. The summed E-state index contributed by atoms with van der Waals surface area (Å²) in [6.07, 6.45) is 5.32. The van der Waals surface area contributed by atoms with Crippen molar-refractivity contribution in [2.75, 3.05) is 24.2 Å². The number of anilines is 1. The molecule has 0 fully saturated rings. The van der Waals surface area contributed by atoms with E-state index in [1.54, 1.807) is 10.9 Å². The number of nitrogens with zero attached hydrogens (tertiary/aromatic N) is 6. The van der Waals surface area contributed by atoms with Gasteiger partial charge in [0, 0.05) is 30.5 Å². The van der Waals surface area contributed by atoms with Gasteiger partial charge >= 0.3 is 0 Å². The van der Waals surface area contributed by atoms with E-state index >= 15 is 0 Å². The van der Waals surface area contributed by atoms with Crippen LogP contribution in [0, 0.1) is 11.3 Å². The molecule has 9 heteroatoms. The third kappa shape index (κ3) is 4.17. The number of aromatic nitrogens is 5. The van der Waals surface area contributed by atoms with Gasteiger partial charge in [0.15, 0.2) is 5.16 Å². The van der Waals surface area contributed by atoms with E-state index in [1.807, 2.05) is 42.8 Å². The number of nitrogens with one attached hydrogen (secondary N) is 1. The summed E-state index contributed by atoms with van der Waals surface area (Å²) in [4.78, 5) is 21.3. The van der Waals surface area contributed by atoms with Crippen molar-refractivity contribution in [2.45, 2.75) is 18.6 Å². The number of hydrogen-bond donors (Lipinski definition) is 1. The first-order valence-corrected chi connectivity index (χ1v) is 9.66. The molecule has 2 heterocycles. The lowest BCUT2D eigenvalue weighted by molar-refractivity contribution is 0.579. The minimum atomic E-state index is -0.418. The van der Waals surface area contributed by atoms with E-state index in [9.17, 15) is 10.1 Å². The standard InChI is InChI=1S/C18H19N7OS/c1-3-24(10-11-25-9-8-20-23-25)14-6-4-13(5-7-14)16-15(12-19)17(26)22-18(21-16)27-2/h4-9H,3,10-11H2,1-2H3,(H,21,22,26). The van der Waals surface area contributed by atoms with Crippen molar-refractivity contribution < 1.29 is 0 Å². The second kappa shape index (κ2) is 8.51. The van der Waals surface area contributed by atoms with Gasteiger partial charge in [0.2, 0.25) is 0 Å². The van der Waals surface area contributed by atoms with Gasteiger partial charge in [-0.2, -0.15) is 5.26 Å². The number of likely N-dealkylation sites (N-methyl/N-ethyl adjacent to an activating group) is 1. The molecule has 0 spiro atoms. The van der Waals surface area contributed by atoms with Gasteiger partial charge in [-0.05, 0) is 25.3 Å². The Morgan fingerprint density at radius 3 is 2.70 bits per heavy atom. The molecular weight excluding hydrogens is 362 g/mol. The molecule has 0 atom stereocenters. The van der Waals surface area contributed by atoms with Crippen LogP contribution < -0.4 is 10.5 Å². The largest absolute Gasteiger partial charge is 0.370 e. The van der Waals surface area contributed by atoms with Gasteiger partial charge < -0.3 is 9.88 Å². The predicted octanol–water partition coefficient (Wildman–Crippen LogP) is 2.15. The summed E-state index contributed by atoms with van der Waals surface area (Å²) in [6, 6.07) is 9.69. The minimum absolute atomic E-state index is 0.0269. The zero-order chi connectivity index (χ0) is 19.2. The summed E-state index contributed by atoms with van der Waals surface area (Å²) in [5, 5.41) is 17.6. The minimum Gasteiger partial charge on any atom is -0.370 e. The summed E-state index contributed by atoms with van der Waals surface area (Å²) in [7, 11) is 0. The first-order chi connectivity index (χ1) is 13.2. The van der Waals surface area contributed by atoms with Gasteiger partial charge in [0.25, 0.3) is 5.56 Å². The van der Waals surface area contributed by atoms with E-state index in [4.69, 9.17) is 0 Å². The summed E-state index contributed by atoms with van der Waals surface area (Å²) >= 11 is 1.33. The summed E-state index contributed by atoms with van der Waals surface area (Å²) < 4.78 is 1.79. The molecule has 0 aliphatic heterocycles. The molecule has 27 heavy (non-hydrogen) atoms. The molecule has 3 aromatic rings. The predicted molar refractivity (Wildman–Crippen MR) is 105 cm³/mol. The average molecular weight is 381 g/mol. The Bertz CT molecular complexity index is 990. The van der Waals surface area contributed by atoms with Gasteiger partial charge in [0.05, 0.1) is 18.4 Å². The Kier molecular flexibility index (Phi) is 5.88. The maximum Gasteiger partial charge on any atom is 0.270 e. The lowest BCUT2D eigenvalue weighted by Gasteiger charge is -2.23. The van der Waals surface area contributed by atoms with E-state index in [0.717, 1.165) is 30.9 Å². The van der Waals surface area contributed by atoms with Gasteiger partial charge in [0.1, 0.15) is 11.6 Å². The smallest absolute Gasteiger partial charge is 0.270 e. The molecule has 138 valence electrons. The monoisotopic (exact) mass is 381 g/mol. The van der Waals surface area contributed by atoms with Crippen molar-refractivity contribution in [3.63, 3.8) is 0 Å². The molecule has 0 aliphatic carbocycles. The molecule has 0 amide bonds. The van der Waals surface area contributed by atoms with Crippen molar-refractivity contribution in [3.8, 4) is 17.3 Å². The molecule has 8 nitrogen and oxygen atoms in total. The van der Waals surface area contributed by atoms with Crippen molar-refractivity contribution >= 4 is 17.4 Å². The second-order valence-electron chi connectivity index (χ2n) is 5.70. The first-order valence-electron chi connectivity index (χ1n) is 8.44. The van der Waals surface area contributed by atoms with Crippen LogP contribution in [-0.4, -0.2) is 44.3 Å². The number of thioether (sulfide) groups is 1. The maximum absolute atomic E-state index is 12.1. The fourth-order valence-electron chi connectivity index (χ4n) is 2.74. The Labute approximate surface area is 160 Å².